The summed E-state index contributed by atoms with van der Waals surface area (Å²) < 4.78 is 16.5. The molecular formula is C19H26N2O4S. The first-order valence-electron chi connectivity index (χ1n) is 9.37. The van der Waals surface area contributed by atoms with Crippen LogP contribution in [0.5, 0.6) is 17.2 Å². The van der Waals surface area contributed by atoms with Crippen molar-refractivity contribution < 1.29 is 19.0 Å². The molecule has 3 aliphatic heterocycles. The fourth-order valence-electron chi connectivity index (χ4n) is 3.91. The highest BCUT2D eigenvalue weighted by Crippen LogP contribution is 2.47. The molecule has 142 valence electrons. The summed E-state index contributed by atoms with van der Waals surface area (Å²) in [4.78, 5) is 17.0. The van der Waals surface area contributed by atoms with Crippen molar-refractivity contribution in [1.29, 1.82) is 0 Å². The van der Waals surface area contributed by atoms with E-state index in [0.717, 1.165) is 25.1 Å². The quantitative estimate of drug-likeness (QED) is 0.759. The van der Waals surface area contributed by atoms with Crippen molar-refractivity contribution in [3.05, 3.63) is 17.7 Å². The second kappa shape index (κ2) is 7.96. The smallest absolute Gasteiger partial charge is 0.233 e. The number of ether oxygens (including phenoxy) is 3. The van der Waals surface area contributed by atoms with Crippen LogP contribution in [-0.2, 0) is 4.79 Å². The van der Waals surface area contributed by atoms with E-state index in [9.17, 15) is 4.79 Å². The number of fused-ring (bicyclic) bond motifs is 1. The maximum absolute atomic E-state index is 12.4. The second-order valence-electron chi connectivity index (χ2n) is 6.96. The van der Waals surface area contributed by atoms with E-state index in [2.05, 4.69) is 4.90 Å². The van der Waals surface area contributed by atoms with Crippen molar-refractivity contribution in [2.75, 3.05) is 45.8 Å². The molecule has 4 rings (SSSR count). The van der Waals surface area contributed by atoms with Crippen LogP contribution in [0.15, 0.2) is 12.1 Å². The Labute approximate surface area is 158 Å². The highest BCUT2D eigenvalue weighted by Gasteiger charge is 2.34. The van der Waals surface area contributed by atoms with Gasteiger partial charge in [0.2, 0.25) is 18.4 Å². The van der Waals surface area contributed by atoms with Gasteiger partial charge in [0.05, 0.1) is 12.9 Å². The molecule has 1 amide bonds. The van der Waals surface area contributed by atoms with Crippen molar-refractivity contribution in [1.82, 2.24) is 9.80 Å². The van der Waals surface area contributed by atoms with Crippen LogP contribution in [0.4, 0.5) is 0 Å². The van der Waals surface area contributed by atoms with Gasteiger partial charge in [-0.2, -0.15) is 0 Å². The van der Waals surface area contributed by atoms with E-state index in [1.54, 1.807) is 18.9 Å². The molecule has 0 saturated carbocycles. The number of amides is 1. The zero-order valence-electron chi connectivity index (χ0n) is 15.2. The number of hydrogen-bond donors (Lipinski definition) is 0. The lowest BCUT2D eigenvalue weighted by atomic mass is 10.1. The van der Waals surface area contributed by atoms with E-state index < -0.39 is 0 Å². The maximum atomic E-state index is 12.4. The molecule has 0 aromatic heterocycles. The highest BCUT2D eigenvalue weighted by atomic mass is 32.2. The Morgan fingerprint density at radius 3 is 2.85 bits per heavy atom. The number of methoxy groups -OCH3 is 1. The average molecular weight is 378 g/mol. The normalized spacial score (nSPS) is 22.9. The molecule has 1 atom stereocenters. The molecule has 2 fully saturated rings. The van der Waals surface area contributed by atoms with Gasteiger partial charge in [-0.1, -0.05) is 6.42 Å². The Hall–Kier alpha value is -1.60. The van der Waals surface area contributed by atoms with E-state index in [0.29, 0.717) is 23.0 Å². The Kier molecular flexibility index (Phi) is 5.45. The molecule has 26 heavy (non-hydrogen) atoms. The molecule has 6 nitrogen and oxygen atoms in total. The molecule has 1 aromatic rings. The van der Waals surface area contributed by atoms with Gasteiger partial charge in [0.15, 0.2) is 11.5 Å². The van der Waals surface area contributed by atoms with E-state index >= 15 is 0 Å². The number of hydrogen-bond acceptors (Lipinski definition) is 6. The fraction of sp³-hybridized carbons (Fsp3) is 0.632. The van der Waals surface area contributed by atoms with Gasteiger partial charge in [-0.3, -0.25) is 4.79 Å². The van der Waals surface area contributed by atoms with Crippen molar-refractivity contribution >= 4 is 17.7 Å². The minimum absolute atomic E-state index is 0.0206. The largest absolute Gasteiger partial charge is 0.493 e. The Morgan fingerprint density at radius 2 is 2.04 bits per heavy atom. The summed E-state index contributed by atoms with van der Waals surface area (Å²) in [6, 6.07) is 3.96. The minimum Gasteiger partial charge on any atom is -0.493 e. The van der Waals surface area contributed by atoms with E-state index in [-0.39, 0.29) is 18.1 Å². The maximum Gasteiger partial charge on any atom is 0.233 e. The van der Waals surface area contributed by atoms with Crippen LogP contribution in [0.2, 0.25) is 0 Å². The van der Waals surface area contributed by atoms with Gasteiger partial charge in [0, 0.05) is 6.54 Å². The van der Waals surface area contributed by atoms with Crippen LogP contribution in [-0.4, -0.2) is 61.5 Å². The summed E-state index contributed by atoms with van der Waals surface area (Å²) >= 11 is 1.67. The van der Waals surface area contributed by atoms with Gasteiger partial charge >= 0.3 is 0 Å². The number of rotatable bonds is 6. The Balaban J connectivity index is 1.44. The standard InChI is InChI=1S/C19H26N2O4S/c1-23-15-10-14(11-16-18(15)25-13-24-16)19-21(17(22)12-26-19)9-5-8-20-6-3-2-4-7-20/h10-11,19H,2-9,12-13H2,1H3. The predicted octanol–water partition coefficient (Wildman–Crippen LogP) is 2.87. The number of benzene rings is 1. The SMILES string of the molecule is COc1cc(C2SCC(=O)N2CCCN2CCCCC2)cc2c1OCO2. The molecule has 2 saturated heterocycles. The van der Waals surface area contributed by atoms with Crippen LogP contribution in [0.1, 0.15) is 36.6 Å². The van der Waals surface area contributed by atoms with Crippen LogP contribution in [0, 0.1) is 0 Å². The van der Waals surface area contributed by atoms with Gasteiger partial charge in [-0.05, 0) is 56.6 Å². The van der Waals surface area contributed by atoms with Gasteiger partial charge in [-0.25, -0.2) is 0 Å². The van der Waals surface area contributed by atoms with Gasteiger partial charge in [0.25, 0.3) is 0 Å². The molecule has 3 heterocycles. The van der Waals surface area contributed by atoms with Gasteiger partial charge < -0.3 is 24.0 Å². The lowest BCUT2D eigenvalue weighted by Gasteiger charge is -2.29. The molecule has 0 radical (unpaired) electrons. The first-order valence-corrected chi connectivity index (χ1v) is 10.4. The monoisotopic (exact) mass is 378 g/mol. The number of carbonyl (C=O) groups is 1. The summed E-state index contributed by atoms with van der Waals surface area (Å²) in [6.07, 6.45) is 4.98. The van der Waals surface area contributed by atoms with Crippen molar-refractivity contribution in [2.45, 2.75) is 31.1 Å². The molecule has 0 N–H and O–H groups in total. The topological polar surface area (TPSA) is 51.2 Å². The van der Waals surface area contributed by atoms with Crippen molar-refractivity contribution in [3.63, 3.8) is 0 Å². The summed E-state index contributed by atoms with van der Waals surface area (Å²) in [7, 11) is 1.63. The lowest BCUT2D eigenvalue weighted by molar-refractivity contribution is -0.128. The van der Waals surface area contributed by atoms with E-state index in [4.69, 9.17) is 14.2 Å². The van der Waals surface area contributed by atoms with Gasteiger partial charge in [0.1, 0.15) is 5.37 Å². The summed E-state index contributed by atoms with van der Waals surface area (Å²) in [6.45, 7) is 4.48. The first-order chi connectivity index (χ1) is 12.8. The van der Waals surface area contributed by atoms with Crippen molar-refractivity contribution in [2.24, 2.45) is 0 Å². The number of nitrogens with zero attached hydrogens (tertiary/aromatic N) is 2. The summed E-state index contributed by atoms with van der Waals surface area (Å²) in [5.41, 5.74) is 1.04. The number of carbonyl (C=O) groups excluding carboxylic acids is 1. The summed E-state index contributed by atoms with van der Waals surface area (Å²) in [5.74, 6) is 2.78. The minimum atomic E-state index is 0.0206. The number of piperidine rings is 1. The molecule has 0 aliphatic carbocycles. The van der Waals surface area contributed by atoms with Crippen molar-refractivity contribution in [3.8, 4) is 17.2 Å². The fourth-order valence-corrected chi connectivity index (χ4v) is 5.11. The second-order valence-corrected chi connectivity index (χ2v) is 8.03. The zero-order chi connectivity index (χ0) is 17.9. The number of likely N-dealkylation sites (tertiary alicyclic amines) is 1. The third-order valence-corrected chi connectivity index (χ3v) is 6.51. The Morgan fingerprint density at radius 1 is 1.19 bits per heavy atom. The third kappa shape index (κ3) is 3.60. The zero-order valence-corrected chi connectivity index (χ0v) is 16.1. The van der Waals surface area contributed by atoms with Gasteiger partial charge in [-0.15, -0.1) is 11.8 Å². The molecule has 1 aromatic carbocycles. The molecule has 0 bridgehead atoms. The summed E-state index contributed by atoms with van der Waals surface area (Å²) in [5, 5.41) is 0.0206. The van der Waals surface area contributed by atoms with E-state index in [1.807, 2.05) is 17.0 Å². The van der Waals surface area contributed by atoms with Crippen LogP contribution < -0.4 is 14.2 Å². The molecular weight excluding hydrogens is 352 g/mol. The van der Waals surface area contributed by atoms with Crippen LogP contribution in [0.25, 0.3) is 0 Å². The lowest BCUT2D eigenvalue weighted by Crippen LogP contribution is -2.34. The first kappa shape index (κ1) is 17.8. The number of thioether (sulfide) groups is 1. The molecule has 1 unspecified atom stereocenters. The predicted molar refractivity (Wildman–Crippen MR) is 101 cm³/mol. The Bertz CT molecular complexity index is 663. The van der Waals surface area contributed by atoms with Crippen LogP contribution in [0.3, 0.4) is 0 Å². The van der Waals surface area contributed by atoms with E-state index in [1.165, 1.54) is 32.4 Å². The molecule has 0 spiro atoms. The molecule has 7 heteroatoms. The highest BCUT2D eigenvalue weighted by molar-refractivity contribution is 8.00. The third-order valence-electron chi connectivity index (χ3n) is 5.26. The average Bonchev–Trinajstić information content (AvgIpc) is 3.29. The van der Waals surface area contributed by atoms with Crippen LogP contribution >= 0.6 is 11.8 Å². The molecule has 3 aliphatic rings.